The molecule has 0 aromatic heterocycles. The minimum Gasteiger partial charge on any atom is -0.459 e. The van der Waals surface area contributed by atoms with Gasteiger partial charge in [0.1, 0.15) is 12.1 Å². The molecule has 0 radical (unpaired) electrons. The van der Waals surface area contributed by atoms with Crippen molar-refractivity contribution in [2.24, 2.45) is 52.8 Å². The summed E-state index contributed by atoms with van der Waals surface area (Å²) in [7, 11) is 1.81. The van der Waals surface area contributed by atoms with E-state index in [2.05, 4.69) is 27.4 Å². The molecule has 10 heteroatoms. The largest absolute Gasteiger partial charge is 0.459 e. The van der Waals surface area contributed by atoms with Gasteiger partial charge in [-0.05, 0) is 139 Å². The zero-order chi connectivity index (χ0) is 41.4. The average Bonchev–Trinajstić information content (AvgIpc) is 3.77. The van der Waals surface area contributed by atoms with Gasteiger partial charge in [-0.2, -0.15) is 0 Å². The second-order valence-corrected chi connectivity index (χ2v) is 21.4. The van der Waals surface area contributed by atoms with E-state index in [0.717, 1.165) is 135 Å². The predicted octanol–water partition coefficient (Wildman–Crippen LogP) is 6.83. The third-order valence-electron chi connectivity index (χ3n) is 18.2. The molecule has 4 unspecified atom stereocenters. The van der Waals surface area contributed by atoms with Gasteiger partial charge in [0.25, 0.3) is 0 Å². The van der Waals surface area contributed by atoms with E-state index in [1.54, 1.807) is 7.11 Å². The van der Waals surface area contributed by atoms with Crippen LogP contribution in [0.3, 0.4) is 0 Å². The van der Waals surface area contributed by atoms with E-state index in [1.807, 2.05) is 0 Å². The Kier molecular flexibility index (Phi) is 13.6. The van der Waals surface area contributed by atoms with Crippen LogP contribution in [0.4, 0.5) is 0 Å². The molecule has 60 heavy (non-hydrogen) atoms. The number of fused-ring (bicyclic) bond motifs is 3. The Balaban J connectivity index is 1.14. The smallest absolute Gasteiger partial charge is 0.324 e. The Morgan fingerprint density at radius 1 is 0.800 bits per heavy atom. The molecule has 0 bridgehead atoms. The lowest BCUT2D eigenvalue weighted by atomic mass is 9.55. The van der Waals surface area contributed by atoms with Crippen molar-refractivity contribution in [3.8, 4) is 11.8 Å². The molecule has 9 rings (SSSR count). The molecule has 3 saturated heterocycles. The number of rotatable bonds is 8. The van der Waals surface area contributed by atoms with Crippen molar-refractivity contribution in [2.45, 2.75) is 216 Å². The number of hydrogen-bond donors (Lipinski definition) is 4. The number of methoxy groups -OCH3 is 1. The first-order valence-corrected chi connectivity index (χ1v) is 25.2. The van der Waals surface area contributed by atoms with Gasteiger partial charge in [-0.15, -0.1) is 0 Å². The van der Waals surface area contributed by atoms with Crippen molar-refractivity contribution < 1.29 is 34.1 Å². The molecule has 3 heterocycles. The molecule has 10 nitrogen and oxygen atoms in total. The Morgan fingerprint density at radius 3 is 2.08 bits per heavy atom. The van der Waals surface area contributed by atoms with Gasteiger partial charge in [-0.3, -0.25) is 19.3 Å². The molecule has 6 saturated carbocycles. The molecule has 9 aliphatic rings. The monoisotopic (exact) mass is 832 g/mol. The lowest BCUT2D eigenvalue weighted by molar-refractivity contribution is -0.190. The summed E-state index contributed by atoms with van der Waals surface area (Å²) in [4.78, 5) is 48.9. The fourth-order valence-corrected chi connectivity index (χ4v) is 15.2. The van der Waals surface area contributed by atoms with Crippen LogP contribution in [0.25, 0.3) is 0 Å². The van der Waals surface area contributed by atoms with Crippen LogP contribution in [0, 0.1) is 64.6 Å². The number of amides is 2. The van der Waals surface area contributed by atoms with Crippen LogP contribution in [0.2, 0.25) is 0 Å². The standard InChI is InChI=1S/C50H77N3O7/c1-59-38-26-19-31(20-27-38)17-18-32-21-28-40-39(29-32)50(49(58)52-40)42(47(56)51-30-41(55)33-11-5-2-6-12-33)44-48(57)60-45(35-15-9-4-10-16-35)43(34-13-7-3-8-14-34)53(44)46(50)36-22-24-37(54)25-23-36/h31-46,54-55H,2-16,19-30H2,1H3,(H,51,56)(H,52,58)/t31?,32?,36?,37?,38?,39?,40?,41-,42-,43?,44-,45+,46+,50-/m0/s1. The van der Waals surface area contributed by atoms with Gasteiger partial charge in [0, 0.05) is 37.6 Å². The second kappa shape index (κ2) is 18.9. The van der Waals surface area contributed by atoms with Crippen molar-refractivity contribution >= 4 is 17.8 Å². The Bertz CT molecular complexity index is 1560. The number of morpholine rings is 1. The fourth-order valence-electron chi connectivity index (χ4n) is 15.2. The maximum absolute atomic E-state index is 15.7. The zero-order valence-electron chi connectivity index (χ0n) is 36.7. The summed E-state index contributed by atoms with van der Waals surface area (Å²) in [6.45, 7) is 0.129. The molecule has 1 spiro atoms. The quantitative estimate of drug-likeness (QED) is 0.155. The number of aliphatic hydroxyl groups is 2. The van der Waals surface area contributed by atoms with Gasteiger partial charge < -0.3 is 30.3 Å². The van der Waals surface area contributed by atoms with Crippen LogP contribution in [0.1, 0.15) is 167 Å². The van der Waals surface area contributed by atoms with E-state index in [0.29, 0.717) is 30.8 Å². The number of carbonyl (C=O) groups excluding carboxylic acids is 3. The first kappa shape index (κ1) is 43.1. The summed E-state index contributed by atoms with van der Waals surface area (Å²) in [5.41, 5.74) is -1.16. The van der Waals surface area contributed by atoms with Crippen LogP contribution in [-0.4, -0.2) is 95.1 Å². The zero-order valence-corrected chi connectivity index (χ0v) is 36.7. The Hall–Kier alpha value is -2.19. The second-order valence-electron chi connectivity index (χ2n) is 21.4. The van der Waals surface area contributed by atoms with Crippen LogP contribution in [-0.2, 0) is 23.9 Å². The minimum atomic E-state index is -1.16. The number of nitrogens with zero attached hydrogens (tertiary/aromatic N) is 1. The number of aliphatic hydroxyl groups excluding tert-OH is 2. The molecule has 0 aromatic rings. The SMILES string of the molecule is COC1CCC(C#CC2CCC3NC(=O)[C@@]4(C3C2)[C@H](C(=O)NC[C@H](O)C2CCCCC2)[C@H]2C(=O)O[C@H](C3CCCCC3)C(C3CCCCC3)N2[C@@H]4C2CCC(O)CC2)CC1. The van der Waals surface area contributed by atoms with Crippen molar-refractivity contribution in [2.75, 3.05) is 13.7 Å². The van der Waals surface area contributed by atoms with Gasteiger partial charge >= 0.3 is 5.97 Å². The van der Waals surface area contributed by atoms with E-state index < -0.39 is 23.5 Å². The summed E-state index contributed by atoms with van der Waals surface area (Å²) >= 11 is 0. The van der Waals surface area contributed by atoms with Crippen molar-refractivity contribution in [1.82, 2.24) is 15.5 Å². The highest BCUT2D eigenvalue weighted by Crippen LogP contribution is 2.64. The van der Waals surface area contributed by atoms with Gasteiger partial charge in [0.15, 0.2) is 0 Å². The number of carbonyl (C=O) groups is 3. The minimum absolute atomic E-state index is 0.0521. The molecule has 0 aromatic carbocycles. The molecule has 334 valence electrons. The third-order valence-corrected chi connectivity index (χ3v) is 18.2. The molecular weight excluding hydrogens is 755 g/mol. The van der Waals surface area contributed by atoms with E-state index >= 15 is 14.4 Å². The molecule has 9 fully saturated rings. The first-order chi connectivity index (χ1) is 29.3. The summed E-state index contributed by atoms with van der Waals surface area (Å²) in [5, 5.41) is 29.2. The summed E-state index contributed by atoms with van der Waals surface area (Å²) < 4.78 is 12.5. The Morgan fingerprint density at radius 2 is 1.42 bits per heavy atom. The highest BCUT2D eigenvalue weighted by molar-refractivity contribution is 5.99. The first-order valence-electron chi connectivity index (χ1n) is 25.2. The number of nitrogens with one attached hydrogen (secondary N) is 2. The molecule has 10 atom stereocenters. The van der Waals surface area contributed by atoms with E-state index in [9.17, 15) is 10.2 Å². The van der Waals surface area contributed by atoms with Crippen LogP contribution >= 0.6 is 0 Å². The highest BCUT2D eigenvalue weighted by Gasteiger charge is 2.77. The molecule has 6 aliphatic carbocycles. The van der Waals surface area contributed by atoms with Crippen LogP contribution in [0.5, 0.6) is 0 Å². The highest BCUT2D eigenvalue weighted by atomic mass is 16.6. The summed E-state index contributed by atoms with van der Waals surface area (Å²) in [6.07, 6.45) is 25.0. The lowest BCUT2D eigenvalue weighted by Crippen LogP contribution is -2.66. The molecule has 2 amide bonds. The van der Waals surface area contributed by atoms with Gasteiger partial charge in [-0.1, -0.05) is 69.6 Å². The predicted molar refractivity (Wildman–Crippen MR) is 229 cm³/mol. The molecule has 4 N–H and O–H groups in total. The maximum atomic E-state index is 15.7. The summed E-state index contributed by atoms with van der Waals surface area (Å²) in [6, 6.07) is -1.34. The Labute approximate surface area is 360 Å². The summed E-state index contributed by atoms with van der Waals surface area (Å²) in [5.74, 6) is 6.95. The van der Waals surface area contributed by atoms with E-state index in [4.69, 9.17) is 9.47 Å². The lowest BCUT2D eigenvalue weighted by Gasteiger charge is -2.54. The van der Waals surface area contributed by atoms with Gasteiger partial charge in [-0.25, -0.2) is 0 Å². The fraction of sp³-hybridized carbons (Fsp3) is 0.900. The van der Waals surface area contributed by atoms with Crippen molar-refractivity contribution in [1.29, 1.82) is 0 Å². The van der Waals surface area contributed by atoms with Crippen molar-refractivity contribution in [3.05, 3.63) is 0 Å². The van der Waals surface area contributed by atoms with Crippen molar-refractivity contribution in [3.63, 3.8) is 0 Å². The van der Waals surface area contributed by atoms with Gasteiger partial charge in [0.2, 0.25) is 11.8 Å². The average molecular weight is 832 g/mol. The van der Waals surface area contributed by atoms with E-state index in [-0.39, 0.29) is 84.3 Å². The van der Waals surface area contributed by atoms with Gasteiger partial charge in [0.05, 0.1) is 35.7 Å². The number of hydrogen-bond acceptors (Lipinski definition) is 8. The molecule has 3 aliphatic heterocycles. The number of cyclic esters (lactones) is 1. The van der Waals surface area contributed by atoms with Crippen LogP contribution < -0.4 is 10.6 Å². The third kappa shape index (κ3) is 8.22. The normalized spacial score (nSPS) is 42.6. The van der Waals surface area contributed by atoms with E-state index in [1.165, 1.54) is 19.3 Å². The van der Waals surface area contributed by atoms with Crippen LogP contribution in [0.15, 0.2) is 0 Å². The molecular formula is C50H77N3O7. The maximum Gasteiger partial charge on any atom is 0.324 e. The number of ether oxygens (including phenoxy) is 2. The number of esters is 1. The topological polar surface area (TPSA) is 137 Å².